The lowest BCUT2D eigenvalue weighted by Crippen LogP contribution is -2.61. The molecule has 0 aromatic heterocycles. The first-order chi connectivity index (χ1) is 18.4. The van der Waals surface area contributed by atoms with Crippen LogP contribution in [0.1, 0.15) is 98.8 Å². The molecule has 4 fully saturated rings. The van der Waals surface area contributed by atoms with Gasteiger partial charge in [-0.15, -0.1) is 0 Å². The van der Waals surface area contributed by atoms with Gasteiger partial charge in [0.05, 0.1) is 31.3 Å². The van der Waals surface area contributed by atoms with Crippen molar-refractivity contribution in [3.05, 3.63) is 11.6 Å². The summed E-state index contributed by atoms with van der Waals surface area (Å²) in [4.78, 5) is 14.4. The van der Waals surface area contributed by atoms with Gasteiger partial charge in [0.1, 0.15) is 5.78 Å². The molecule has 0 heterocycles. The molecule has 0 amide bonds. The molecule has 6 heteroatoms. The van der Waals surface area contributed by atoms with Crippen molar-refractivity contribution >= 4 is 5.78 Å². The minimum atomic E-state index is -1.42. The molecule has 5 aliphatic rings. The summed E-state index contributed by atoms with van der Waals surface area (Å²) in [6.45, 7) is 10.6. The van der Waals surface area contributed by atoms with Gasteiger partial charge in [0.15, 0.2) is 6.29 Å². The second-order valence-corrected chi connectivity index (χ2v) is 14.9. The number of aliphatic hydroxyl groups excluding tert-OH is 4. The van der Waals surface area contributed by atoms with E-state index in [1.54, 1.807) is 6.92 Å². The molecule has 13 unspecified atom stereocenters. The first kappa shape index (κ1) is 29.7. The quantitative estimate of drug-likeness (QED) is 0.268. The Hall–Kier alpha value is -0.790. The van der Waals surface area contributed by atoms with E-state index >= 15 is 0 Å². The van der Waals surface area contributed by atoms with Crippen LogP contribution in [0.15, 0.2) is 11.6 Å². The van der Waals surface area contributed by atoms with Crippen molar-refractivity contribution in [2.75, 3.05) is 13.2 Å². The number of fused-ring (bicyclic) bond motifs is 7. The van der Waals surface area contributed by atoms with Crippen molar-refractivity contribution < 1.29 is 30.0 Å². The molecule has 222 valence electrons. The van der Waals surface area contributed by atoms with Crippen LogP contribution in [0.2, 0.25) is 0 Å². The van der Waals surface area contributed by atoms with Crippen LogP contribution in [-0.4, -0.2) is 57.9 Å². The van der Waals surface area contributed by atoms with Crippen LogP contribution < -0.4 is 0 Å². The number of aliphatic hydroxyl groups is 4. The highest BCUT2D eigenvalue weighted by atomic mass is 16.6. The Morgan fingerprint density at radius 2 is 1.74 bits per heavy atom. The number of hydrogen-bond donors (Lipinski definition) is 4. The molecular formula is C33H54O6. The highest BCUT2D eigenvalue weighted by Crippen LogP contribution is 2.70. The zero-order valence-electron chi connectivity index (χ0n) is 24.9. The summed E-state index contributed by atoms with van der Waals surface area (Å²) >= 11 is 0. The Bertz CT molecular complexity index is 948. The summed E-state index contributed by atoms with van der Waals surface area (Å²) in [6.07, 6.45) is 10.4. The normalized spacial score (nSPS) is 47.9. The molecule has 13 atom stereocenters. The maximum absolute atomic E-state index is 14.4. The van der Waals surface area contributed by atoms with E-state index in [0.717, 1.165) is 51.4 Å². The van der Waals surface area contributed by atoms with Crippen LogP contribution in [0.25, 0.3) is 0 Å². The predicted molar refractivity (Wildman–Crippen MR) is 150 cm³/mol. The van der Waals surface area contributed by atoms with Gasteiger partial charge in [0, 0.05) is 5.41 Å². The third-order valence-corrected chi connectivity index (χ3v) is 13.1. The molecule has 0 aromatic carbocycles. The fourth-order valence-electron chi connectivity index (χ4n) is 11.2. The van der Waals surface area contributed by atoms with Crippen molar-refractivity contribution in [1.82, 2.24) is 0 Å². The zero-order chi connectivity index (χ0) is 28.3. The lowest BCUT2D eigenvalue weighted by molar-refractivity contribution is -0.192. The van der Waals surface area contributed by atoms with Gasteiger partial charge in [-0.05, 0) is 105 Å². The monoisotopic (exact) mass is 546 g/mol. The van der Waals surface area contributed by atoms with Crippen LogP contribution in [0, 0.1) is 57.7 Å². The van der Waals surface area contributed by atoms with Crippen molar-refractivity contribution in [1.29, 1.82) is 0 Å². The fourth-order valence-corrected chi connectivity index (χ4v) is 11.2. The molecule has 0 spiro atoms. The Labute approximate surface area is 235 Å². The first-order valence-electron chi connectivity index (χ1n) is 15.9. The molecule has 4 saturated carbocycles. The first-order valence-corrected chi connectivity index (χ1v) is 15.9. The summed E-state index contributed by atoms with van der Waals surface area (Å²) in [6, 6.07) is 0. The molecule has 39 heavy (non-hydrogen) atoms. The van der Waals surface area contributed by atoms with Gasteiger partial charge in [-0.3, -0.25) is 4.79 Å². The number of ketones is 1. The zero-order valence-corrected chi connectivity index (χ0v) is 24.9. The van der Waals surface area contributed by atoms with E-state index in [9.17, 15) is 25.2 Å². The largest absolute Gasteiger partial charge is 0.395 e. The molecule has 0 radical (unpaired) electrons. The SMILES string of the molecule is CC(CO)OC(O)C(CO)C(=O)C12CCCC(C)C1C1=CCC3C(C)(CCC4C(C)C(O)CCC43C)C1CC2. The smallest absolute Gasteiger partial charge is 0.166 e. The van der Waals surface area contributed by atoms with E-state index in [2.05, 4.69) is 33.8 Å². The van der Waals surface area contributed by atoms with Crippen LogP contribution >= 0.6 is 0 Å². The van der Waals surface area contributed by atoms with Crippen molar-refractivity contribution in [2.24, 2.45) is 57.7 Å². The number of carbonyl (C=O) groups is 1. The van der Waals surface area contributed by atoms with Crippen molar-refractivity contribution in [2.45, 2.75) is 117 Å². The topological polar surface area (TPSA) is 107 Å². The van der Waals surface area contributed by atoms with Crippen LogP contribution in [0.4, 0.5) is 0 Å². The lowest BCUT2D eigenvalue weighted by Gasteiger charge is -2.66. The van der Waals surface area contributed by atoms with E-state index in [-0.39, 0.29) is 35.2 Å². The summed E-state index contributed by atoms with van der Waals surface area (Å²) in [7, 11) is 0. The van der Waals surface area contributed by atoms with Gasteiger partial charge in [-0.2, -0.15) is 0 Å². The Morgan fingerprint density at radius 3 is 2.44 bits per heavy atom. The second kappa shape index (κ2) is 10.8. The number of carbonyl (C=O) groups excluding carboxylic acids is 1. The maximum Gasteiger partial charge on any atom is 0.166 e. The van der Waals surface area contributed by atoms with E-state index in [0.29, 0.717) is 29.6 Å². The van der Waals surface area contributed by atoms with E-state index in [4.69, 9.17) is 4.74 Å². The molecule has 0 aromatic rings. The van der Waals surface area contributed by atoms with Gasteiger partial charge < -0.3 is 25.2 Å². The predicted octanol–water partition coefficient (Wildman–Crippen LogP) is 4.87. The third-order valence-electron chi connectivity index (χ3n) is 13.1. The van der Waals surface area contributed by atoms with Gasteiger partial charge >= 0.3 is 0 Å². The molecular weight excluding hydrogens is 492 g/mol. The van der Waals surface area contributed by atoms with Gasteiger partial charge in [0.2, 0.25) is 0 Å². The third kappa shape index (κ3) is 4.50. The average molecular weight is 547 g/mol. The van der Waals surface area contributed by atoms with Gasteiger partial charge in [-0.1, -0.05) is 52.2 Å². The van der Waals surface area contributed by atoms with Crippen molar-refractivity contribution in [3.8, 4) is 0 Å². The molecule has 0 aliphatic heterocycles. The molecule has 5 rings (SSSR count). The van der Waals surface area contributed by atoms with E-state index < -0.39 is 30.3 Å². The number of Topliss-reactive ketones (excluding diaryl/α,β-unsaturated/α-hetero) is 1. The fraction of sp³-hybridized carbons (Fsp3) is 0.909. The van der Waals surface area contributed by atoms with Crippen LogP contribution in [-0.2, 0) is 9.53 Å². The highest BCUT2D eigenvalue weighted by molar-refractivity contribution is 5.88. The molecule has 0 bridgehead atoms. The average Bonchev–Trinajstić information content (AvgIpc) is 2.90. The summed E-state index contributed by atoms with van der Waals surface area (Å²) in [5.41, 5.74) is 1.35. The van der Waals surface area contributed by atoms with Crippen molar-refractivity contribution in [3.63, 3.8) is 0 Å². The second-order valence-electron chi connectivity index (χ2n) is 14.9. The molecule has 5 aliphatic carbocycles. The number of allylic oxidation sites excluding steroid dienone is 2. The summed E-state index contributed by atoms with van der Waals surface area (Å²) in [5, 5.41) is 41.2. The molecule has 6 nitrogen and oxygen atoms in total. The number of rotatable bonds is 7. The summed E-state index contributed by atoms with van der Waals surface area (Å²) in [5.74, 6) is 1.45. The lowest BCUT2D eigenvalue weighted by atomic mass is 9.38. The maximum atomic E-state index is 14.4. The highest BCUT2D eigenvalue weighted by Gasteiger charge is 2.64. The minimum absolute atomic E-state index is 0.0448. The summed E-state index contributed by atoms with van der Waals surface area (Å²) < 4.78 is 5.53. The Kier molecular flexibility index (Phi) is 8.22. The molecule has 4 N–H and O–H groups in total. The Balaban J connectivity index is 1.49. The van der Waals surface area contributed by atoms with Crippen LogP contribution in [0.3, 0.4) is 0 Å². The minimum Gasteiger partial charge on any atom is -0.395 e. The number of ether oxygens (including phenoxy) is 1. The standard InChI is InChI=1S/C33H54O6/c1-19-7-6-13-33(29(37)23(18-35)30(38)39-20(2)17-34)16-11-25-22(28(19)33)8-9-27-31(4)15-12-26(36)21(3)24(31)10-14-32(25,27)5/h8,19-21,23-28,30,34-36,38H,6-7,9-18H2,1-5H3. The number of hydrogen-bond acceptors (Lipinski definition) is 6. The van der Waals surface area contributed by atoms with Gasteiger partial charge in [0.25, 0.3) is 0 Å². The van der Waals surface area contributed by atoms with E-state index in [1.165, 1.54) is 18.4 Å². The Morgan fingerprint density at radius 1 is 1.03 bits per heavy atom. The molecule has 0 saturated heterocycles. The van der Waals surface area contributed by atoms with Crippen LogP contribution in [0.5, 0.6) is 0 Å². The van der Waals surface area contributed by atoms with Gasteiger partial charge in [-0.25, -0.2) is 0 Å². The van der Waals surface area contributed by atoms with E-state index in [1.807, 2.05) is 0 Å².